The molecular formula is C17H16Cl3N3O. The van der Waals surface area contributed by atoms with Crippen molar-refractivity contribution in [3.63, 3.8) is 0 Å². The Hall–Kier alpha value is -1.49. The average molecular weight is 385 g/mol. The van der Waals surface area contributed by atoms with Gasteiger partial charge in [0.25, 0.3) is 5.91 Å². The van der Waals surface area contributed by atoms with Crippen molar-refractivity contribution in [2.75, 3.05) is 23.3 Å². The second kappa shape index (κ2) is 7.18. The van der Waals surface area contributed by atoms with E-state index in [1.54, 1.807) is 0 Å². The summed E-state index contributed by atoms with van der Waals surface area (Å²) in [4.78, 5) is 18.7. The van der Waals surface area contributed by atoms with Gasteiger partial charge in [-0.25, -0.2) is 4.98 Å². The van der Waals surface area contributed by atoms with Crippen molar-refractivity contribution in [3.05, 3.63) is 50.7 Å². The largest absolute Gasteiger partial charge is 0.372 e. The van der Waals surface area contributed by atoms with Crippen LogP contribution in [-0.2, 0) is 0 Å². The first-order chi connectivity index (χ1) is 11.5. The van der Waals surface area contributed by atoms with E-state index in [4.69, 9.17) is 34.8 Å². The number of nitrogens with zero attached hydrogens (tertiary/aromatic N) is 2. The fourth-order valence-electron chi connectivity index (χ4n) is 2.74. The van der Waals surface area contributed by atoms with E-state index in [0.29, 0.717) is 5.69 Å². The minimum atomic E-state index is -0.421. The lowest BCUT2D eigenvalue weighted by Crippen LogP contribution is -2.18. The van der Waals surface area contributed by atoms with Crippen LogP contribution in [0.1, 0.15) is 28.9 Å². The normalized spacial score (nSPS) is 14.1. The Labute approximate surface area is 155 Å². The maximum atomic E-state index is 12.4. The summed E-state index contributed by atoms with van der Waals surface area (Å²) in [5, 5.41) is 3.21. The molecule has 0 radical (unpaired) electrons. The molecule has 0 atom stereocenters. The molecule has 1 aromatic heterocycles. The molecule has 3 rings (SSSR count). The number of hydrogen-bond acceptors (Lipinski definition) is 3. The predicted octanol–water partition coefficient (Wildman–Crippen LogP) is 5.20. The molecule has 1 fully saturated rings. The molecule has 2 heterocycles. The highest BCUT2D eigenvalue weighted by atomic mass is 35.5. The van der Waals surface area contributed by atoms with E-state index in [9.17, 15) is 4.79 Å². The van der Waals surface area contributed by atoms with Crippen LogP contribution in [0.4, 0.5) is 11.4 Å². The first-order valence-electron chi connectivity index (χ1n) is 7.64. The van der Waals surface area contributed by atoms with Gasteiger partial charge in [-0.15, -0.1) is 0 Å². The molecule has 2 aromatic rings. The molecule has 1 aliphatic rings. The Balaban J connectivity index is 1.81. The molecular weight excluding hydrogens is 369 g/mol. The number of carbonyl (C=O) groups excluding carboxylic acids is 1. The summed E-state index contributed by atoms with van der Waals surface area (Å²) in [6.07, 6.45) is 3.76. The molecule has 1 saturated heterocycles. The highest BCUT2D eigenvalue weighted by Gasteiger charge is 2.18. The lowest BCUT2D eigenvalue weighted by atomic mass is 10.1. The molecule has 0 saturated carbocycles. The fourth-order valence-corrected chi connectivity index (χ4v) is 3.31. The standard InChI is InChI=1S/C17H16Cl3N3O/c1-10-8-11(23-6-2-3-7-23)4-5-13(10)22-17(24)16-15(20)14(19)12(18)9-21-16/h4-5,8-9H,2-3,6-7H2,1H3,(H,22,24). The fraction of sp³-hybridized carbons (Fsp3) is 0.294. The van der Waals surface area contributed by atoms with Gasteiger partial charge in [-0.1, -0.05) is 34.8 Å². The van der Waals surface area contributed by atoms with E-state index >= 15 is 0 Å². The summed E-state index contributed by atoms with van der Waals surface area (Å²) in [5.41, 5.74) is 2.92. The lowest BCUT2D eigenvalue weighted by molar-refractivity contribution is 0.102. The number of anilines is 2. The van der Waals surface area contributed by atoms with Gasteiger partial charge < -0.3 is 10.2 Å². The van der Waals surface area contributed by atoms with Crippen LogP contribution in [0.5, 0.6) is 0 Å². The highest BCUT2D eigenvalue weighted by molar-refractivity contribution is 6.49. The Morgan fingerprint density at radius 2 is 1.88 bits per heavy atom. The van der Waals surface area contributed by atoms with Crippen molar-refractivity contribution < 1.29 is 4.79 Å². The molecule has 1 N–H and O–H groups in total. The number of amides is 1. The van der Waals surface area contributed by atoms with E-state index in [1.165, 1.54) is 24.7 Å². The van der Waals surface area contributed by atoms with Gasteiger partial charge in [0.2, 0.25) is 0 Å². The maximum Gasteiger partial charge on any atom is 0.275 e. The van der Waals surface area contributed by atoms with Crippen molar-refractivity contribution in [2.45, 2.75) is 19.8 Å². The van der Waals surface area contributed by atoms with Crippen LogP contribution >= 0.6 is 34.8 Å². The van der Waals surface area contributed by atoms with E-state index in [0.717, 1.165) is 18.7 Å². The summed E-state index contributed by atoms with van der Waals surface area (Å²) in [6, 6.07) is 5.98. The summed E-state index contributed by atoms with van der Waals surface area (Å²) >= 11 is 17.9. The molecule has 1 aromatic carbocycles. The van der Waals surface area contributed by atoms with E-state index in [1.807, 2.05) is 19.1 Å². The molecule has 0 aliphatic carbocycles. The van der Waals surface area contributed by atoms with E-state index in [2.05, 4.69) is 21.3 Å². The van der Waals surface area contributed by atoms with Crippen molar-refractivity contribution >= 4 is 52.1 Å². The highest BCUT2D eigenvalue weighted by Crippen LogP contribution is 2.32. The lowest BCUT2D eigenvalue weighted by Gasteiger charge is -2.19. The number of nitrogens with one attached hydrogen (secondary N) is 1. The number of aryl methyl sites for hydroxylation is 1. The van der Waals surface area contributed by atoms with E-state index in [-0.39, 0.29) is 20.8 Å². The molecule has 1 amide bonds. The number of benzene rings is 1. The Bertz CT molecular complexity index is 789. The van der Waals surface area contributed by atoms with Crippen LogP contribution in [0.2, 0.25) is 15.1 Å². The third kappa shape index (κ3) is 3.46. The van der Waals surface area contributed by atoms with E-state index < -0.39 is 5.91 Å². The molecule has 4 nitrogen and oxygen atoms in total. The molecule has 0 unspecified atom stereocenters. The predicted molar refractivity (Wildman–Crippen MR) is 99.8 cm³/mol. The number of aromatic nitrogens is 1. The second-order valence-corrected chi connectivity index (χ2v) is 6.89. The van der Waals surface area contributed by atoms with Gasteiger partial charge in [-0.2, -0.15) is 0 Å². The Kier molecular flexibility index (Phi) is 5.18. The first-order valence-corrected chi connectivity index (χ1v) is 8.77. The summed E-state index contributed by atoms with van der Waals surface area (Å²) in [6.45, 7) is 4.11. The number of hydrogen-bond donors (Lipinski definition) is 1. The van der Waals surface area contributed by atoms with Gasteiger partial charge in [0.05, 0.1) is 15.1 Å². The molecule has 0 spiro atoms. The zero-order chi connectivity index (χ0) is 17.3. The first kappa shape index (κ1) is 17.3. The minimum Gasteiger partial charge on any atom is -0.372 e. The van der Waals surface area contributed by atoms with Crippen LogP contribution in [0, 0.1) is 6.92 Å². The third-order valence-corrected chi connectivity index (χ3v) is 5.30. The zero-order valence-electron chi connectivity index (χ0n) is 13.1. The van der Waals surface area contributed by atoms with Gasteiger partial charge in [0.1, 0.15) is 5.69 Å². The van der Waals surface area contributed by atoms with Gasteiger partial charge in [0.15, 0.2) is 0 Å². The Morgan fingerprint density at radius 3 is 2.54 bits per heavy atom. The van der Waals surface area contributed by atoms with Gasteiger partial charge >= 0.3 is 0 Å². The summed E-state index contributed by atoms with van der Waals surface area (Å²) < 4.78 is 0. The van der Waals surface area contributed by atoms with Crippen molar-refractivity contribution in [2.24, 2.45) is 0 Å². The van der Waals surface area contributed by atoms with Crippen LogP contribution in [0.3, 0.4) is 0 Å². The maximum absolute atomic E-state index is 12.4. The van der Waals surface area contributed by atoms with Crippen LogP contribution in [0.15, 0.2) is 24.4 Å². The van der Waals surface area contributed by atoms with Crippen molar-refractivity contribution in [3.8, 4) is 0 Å². The smallest absolute Gasteiger partial charge is 0.275 e. The topological polar surface area (TPSA) is 45.2 Å². The van der Waals surface area contributed by atoms with Crippen LogP contribution < -0.4 is 10.2 Å². The number of halogens is 3. The van der Waals surface area contributed by atoms with Crippen LogP contribution in [-0.4, -0.2) is 24.0 Å². The van der Waals surface area contributed by atoms with Gasteiger partial charge in [-0.05, 0) is 43.5 Å². The minimum absolute atomic E-state index is 0.0491. The summed E-state index contributed by atoms with van der Waals surface area (Å²) in [5.74, 6) is -0.421. The Morgan fingerprint density at radius 1 is 1.17 bits per heavy atom. The third-order valence-electron chi connectivity index (χ3n) is 4.06. The molecule has 126 valence electrons. The molecule has 1 aliphatic heterocycles. The zero-order valence-corrected chi connectivity index (χ0v) is 15.3. The number of pyridine rings is 1. The molecule has 0 bridgehead atoms. The number of rotatable bonds is 3. The second-order valence-electron chi connectivity index (χ2n) is 5.73. The van der Waals surface area contributed by atoms with Crippen molar-refractivity contribution in [1.82, 2.24) is 4.98 Å². The SMILES string of the molecule is Cc1cc(N2CCCC2)ccc1NC(=O)c1ncc(Cl)c(Cl)c1Cl. The molecule has 7 heteroatoms. The van der Waals surface area contributed by atoms with Gasteiger partial charge in [0, 0.05) is 30.7 Å². The van der Waals surface area contributed by atoms with Crippen molar-refractivity contribution in [1.29, 1.82) is 0 Å². The monoisotopic (exact) mass is 383 g/mol. The van der Waals surface area contributed by atoms with Gasteiger partial charge in [-0.3, -0.25) is 4.79 Å². The number of carbonyl (C=O) groups is 1. The molecule has 24 heavy (non-hydrogen) atoms. The quantitative estimate of drug-likeness (QED) is 0.791. The summed E-state index contributed by atoms with van der Waals surface area (Å²) in [7, 11) is 0. The average Bonchev–Trinajstić information content (AvgIpc) is 3.09. The van der Waals surface area contributed by atoms with Crippen LogP contribution in [0.25, 0.3) is 0 Å².